The van der Waals surface area contributed by atoms with Crippen molar-refractivity contribution in [1.29, 1.82) is 0 Å². The highest BCUT2D eigenvalue weighted by atomic mass is 32.2. The van der Waals surface area contributed by atoms with Gasteiger partial charge in [0.05, 0.1) is 17.3 Å². The lowest BCUT2D eigenvalue weighted by Gasteiger charge is -2.26. The van der Waals surface area contributed by atoms with Gasteiger partial charge in [0.15, 0.2) is 20.8 Å². The molecular weight excluding hydrogens is 420 g/mol. The van der Waals surface area contributed by atoms with E-state index < -0.39 is 9.84 Å². The molecule has 1 aliphatic rings. The number of thioether (sulfide) groups is 1. The smallest absolute Gasteiger partial charge is 0.233 e. The highest BCUT2D eigenvalue weighted by Gasteiger charge is 2.33. The molecule has 0 radical (unpaired) electrons. The molecule has 0 unspecified atom stereocenters. The van der Waals surface area contributed by atoms with Crippen molar-refractivity contribution in [3.63, 3.8) is 0 Å². The zero-order valence-electron chi connectivity index (χ0n) is 18.3. The Kier molecular flexibility index (Phi) is 6.62. The number of carbonyl (C=O) groups is 1. The SMILES string of the molecule is CCN(C(=O)CSc1nnc(-c2ccc(C(C)(C)C)cc2)n1C)[C@@H]1CCS(=O)(=O)C1. The predicted octanol–water partition coefficient (Wildman–Crippen LogP) is 2.91. The first-order valence-corrected chi connectivity index (χ1v) is 13.0. The first-order valence-electron chi connectivity index (χ1n) is 10.1. The normalized spacial score (nSPS) is 18.5. The Balaban J connectivity index is 1.67. The summed E-state index contributed by atoms with van der Waals surface area (Å²) >= 11 is 1.33. The van der Waals surface area contributed by atoms with E-state index in [0.717, 1.165) is 11.4 Å². The first-order chi connectivity index (χ1) is 14.0. The zero-order valence-corrected chi connectivity index (χ0v) is 19.9. The number of nitrogens with zero attached hydrogens (tertiary/aromatic N) is 4. The zero-order chi connectivity index (χ0) is 22.1. The van der Waals surface area contributed by atoms with Gasteiger partial charge in [-0.1, -0.05) is 56.8 Å². The van der Waals surface area contributed by atoms with E-state index in [1.165, 1.54) is 17.3 Å². The van der Waals surface area contributed by atoms with E-state index in [1.807, 2.05) is 30.7 Å². The standard InChI is InChI=1S/C21H30N4O3S2/c1-6-25(17-11-12-30(27,28)14-17)18(26)13-29-20-23-22-19(24(20)5)15-7-9-16(10-8-15)21(2,3)4/h7-10,17H,6,11-14H2,1-5H3/t17-/m1/s1. The fourth-order valence-electron chi connectivity index (χ4n) is 3.68. The number of carbonyl (C=O) groups excluding carboxylic acids is 1. The number of sulfone groups is 1. The Labute approximate surface area is 183 Å². The largest absolute Gasteiger partial charge is 0.338 e. The molecule has 1 amide bonds. The third-order valence-corrected chi connectivity index (χ3v) is 8.23. The Morgan fingerprint density at radius 3 is 2.43 bits per heavy atom. The number of rotatable bonds is 6. The first kappa shape index (κ1) is 22.8. The predicted molar refractivity (Wildman–Crippen MR) is 120 cm³/mol. The van der Waals surface area contributed by atoms with Crippen molar-refractivity contribution >= 4 is 27.5 Å². The molecular formula is C21H30N4O3S2. The van der Waals surface area contributed by atoms with Crippen molar-refractivity contribution in [2.45, 2.75) is 50.7 Å². The average Bonchev–Trinajstić information content (AvgIpc) is 3.22. The molecule has 0 spiro atoms. The van der Waals surface area contributed by atoms with E-state index in [2.05, 4.69) is 43.1 Å². The maximum atomic E-state index is 12.7. The minimum Gasteiger partial charge on any atom is -0.338 e. The molecule has 1 fully saturated rings. The summed E-state index contributed by atoms with van der Waals surface area (Å²) in [6.07, 6.45) is 0.519. The summed E-state index contributed by atoms with van der Waals surface area (Å²) in [6.45, 7) is 8.92. The Morgan fingerprint density at radius 2 is 1.90 bits per heavy atom. The summed E-state index contributed by atoms with van der Waals surface area (Å²) in [5.41, 5.74) is 2.31. The number of aromatic nitrogens is 3. The third-order valence-electron chi connectivity index (χ3n) is 5.48. The van der Waals surface area contributed by atoms with Crippen LogP contribution in [-0.2, 0) is 27.1 Å². The lowest BCUT2D eigenvalue weighted by molar-refractivity contribution is -0.129. The summed E-state index contributed by atoms with van der Waals surface area (Å²) in [6, 6.07) is 8.08. The van der Waals surface area contributed by atoms with Gasteiger partial charge in [-0.2, -0.15) is 0 Å². The maximum absolute atomic E-state index is 12.7. The molecule has 0 saturated carbocycles. The van der Waals surface area contributed by atoms with Crippen molar-refractivity contribution in [2.24, 2.45) is 7.05 Å². The van der Waals surface area contributed by atoms with Crippen LogP contribution in [0.15, 0.2) is 29.4 Å². The van der Waals surface area contributed by atoms with Crippen LogP contribution in [0.2, 0.25) is 0 Å². The van der Waals surface area contributed by atoms with Gasteiger partial charge >= 0.3 is 0 Å². The van der Waals surface area contributed by atoms with Gasteiger partial charge in [0.2, 0.25) is 5.91 Å². The van der Waals surface area contributed by atoms with Gasteiger partial charge in [-0.05, 0) is 24.3 Å². The van der Waals surface area contributed by atoms with Crippen molar-refractivity contribution in [3.8, 4) is 11.4 Å². The fourth-order valence-corrected chi connectivity index (χ4v) is 6.21. The average molecular weight is 451 g/mol. The Morgan fingerprint density at radius 1 is 1.23 bits per heavy atom. The van der Waals surface area contributed by atoms with Gasteiger partial charge in [0.25, 0.3) is 0 Å². The lowest BCUT2D eigenvalue weighted by Crippen LogP contribution is -2.42. The monoisotopic (exact) mass is 450 g/mol. The molecule has 164 valence electrons. The third kappa shape index (κ3) is 5.06. The molecule has 1 aromatic heterocycles. The van der Waals surface area contributed by atoms with Crippen LogP contribution >= 0.6 is 11.8 Å². The Bertz CT molecular complexity index is 1010. The van der Waals surface area contributed by atoms with E-state index >= 15 is 0 Å². The second-order valence-corrected chi connectivity index (χ2v) is 11.9. The second kappa shape index (κ2) is 8.70. The highest BCUT2D eigenvalue weighted by Crippen LogP contribution is 2.27. The van der Waals surface area contributed by atoms with Crippen LogP contribution in [0.5, 0.6) is 0 Å². The van der Waals surface area contributed by atoms with Gasteiger partial charge in [-0.15, -0.1) is 10.2 Å². The topological polar surface area (TPSA) is 85.2 Å². The van der Waals surface area contributed by atoms with E-state index in [0.29, 0.717) is 18.1 Å². The highest BCUT2D eigenvalue weighted by molar-refractivity contribution is 7.99. The number of hydrogen-bond acceptors (Lipinski definition) is 6. The minimum absolute atomic E-state index is 0.0654. The van der Waals surface area contributed by atoms with Crippen LogP contribution in [0.25, 0.3) is 11.4 Å². The minimum atomic E-state index is -3.02. The van der Waals surface area contributed by atoms with Crippen LogP contribution in [0.4, 0.5) is 0 Å². The van der Waals surface area contributed by atoms with E-state index in [9.17, 15) is 13.2 Å². The molecule has 0 bridgehead atoms. The van der Waals surface area contributed by atoms with Crippen LogP contribution < -0.4 is 0 Å². The van der Waals surface area contributed by atoms with Gasteiger partial charge in [-0.25, -0.2) is 8.42 Å². The molecule has 1 saturated heterocycles. The molecule has 30 heavy (non-hydrogen) atoms. The molecule has 1 aromatic carbocycles. The summed E-state index contributed by atoms with van der Waals surface area (Å²) < 4.78 is 25.4. The quantitative estimate of drug-likeness (QED) is 0.629. The molecule has 0 aliphatic carbocycles. The maximum Gasteiger partial charge on any atom is 0.233 e. The molecule has 9 heteroatoms. The van der Waals surface area contributed by atoms with Gasteiger partial charge in [0.1, 0.15) is 0 Å². The molecule has 2 heterocycles. The van der Waals surface area contributed by atoms with Gasteiger partial charge in [-0.3, -0.25) is 4.79 Å². The van der Waals surface area contributed by atoms with Crippen molar-refractivity contribution < 1.29 is 13.2 Å². The molecule has 3 rings (SSSR count). The number of hydrogen-bond donors (Lipinski definition) is 0. The molecule has 0 N–H and O–H groups in total. The molecule has 2 aromatic rings. The van der Waals surface area contributed by atoms with Crippen LogP contribution in [0, 0.1) is 0 Å². The summed E-state index contributed by atoms with van der Waals surface area (Å²) in [5, 5.41) is 9.22. The molecule has 1 atom stereocenters. The summed E-state index contributed by atoms with van der Waals surface area (Å²) in [5.74, 6) is 1.12. The van der Waals surface area contributed by atoms with E-state index in [4.69, 9.17) is 0 Å². The lowest BCUT2D eigenvalue weighted by atomic mass is 9.87. The van der Waals surface area contributed by atoms with E-state index in [1.54, 1.807) is 4.90 Å². The number of amides is 1. The van der Waals surface area contributed by atoms with Crippen molar-refractivity contribution in [2.75, 3.05) is 23.8 Å². The van der Waals surface area contributed by atoms with Crippen LogP contribution in [-0.4, -0.2) is 63.8 Å². The fraction of sp³-hybridized carbons (Fsp3) is 0.571. The second-order valence-electron chi connectivity index (χ2n) is 8.72. The van der Waals surface area contributed by atoms with E-state index in [-0.39, 0.29) is 34.6 Å². The van der Waals surface area contributed by atoms with Crippen molar-refractivity contribution in [1.82, 2.24) is 19.7 Å². The number of benzene rings is 1. The van der Waals surface area contributed by atoms with Crippen molar-refractivity contribution in [3.05, 3.63) is 29.8 Å². The van der Waals surface area contributed by atoms with Crippen LogP contribution in [0.3, 0.4) is 0 Å². The Hall–Kier alpha value is -1.87. The van der Waals surface area contributed by atoms with Crippen LogP contribution in [0.1, 0.15) is 39.7 Å². The molecule has 7 nitrogen and oxygen atoms in total. The molecule has 1 aliphatic heterocycles. The summed E-state index contributed by atoms with van der Waals surface area (Å²) in [7, 11) is -1.14. The van der Waals surface area contributed by atoms with Gasteiger partial charge < -0.3 is 9.47 Å². The summed E-state index contributed by atoms with van der Waals surface area (Å²) in [4.78, 5) is 14.4. The van der Waals surface area contributed by atoms with Gasteiger partial charge in [0, 0.05) is 25.2 Å².